The van der Waals surface area contributed by atoms with Crippen LogP contribution in [0.2, 0.25) is 0 Å². The first-order valence-corrected chi connectivity index (χ1v) is 11.0. The molecule has 1 amide bonds. The average molecular weight is 435 g/mol. The molecule has 3 aromatic rings. The molecule has 1 aliphatic carbocycles. The number of Topliss-reactive ketones (excluding diaryl/α,β-unsaturated/α-hetero) is 1. The van der Waals surface area contributed by atoms with Gasteiger partial charge in [0.1, 0.15) is 5.03 Å². The Bertz CT molecular complexity index is 1170. The van der Waals surface area contributed by atoms with Crippen LogP contribution in [0, 0.1) is 0 Å². The molecule has 8 heteroatoms. The van der Waals surface area contributed by atoms with Crippen LogP contribution < -0.4 is 11.0 Å². The largest absolute Gasteiger partial charge is 0.349 e. The molecule has 4 rings (SSSR count). The molecular formula is C23H22N4O3S. The van der Waals surface area contributed by atoms with Crippen LogP contribution in [-0.2, 0) is 24.2 Å². The minimum Gasteiger partial charge on any atom is -0.325 e. The summed E-state index contributed by atoms with van der Waals surface area (Å²) in [6.07, 6.45) is 6.11. The van der Waals surface area contributed by atoms with Crippen molar-refractivity contribution < 1.29 is 9.59 Å². The molecule has 158 valence electrons. The zero-order valence-electron chi connectivity index (χ0n) is 17.1. The first kappa shape index (κ1) is 21.0. The van der Waals surface area contributed by atoms with Gasteiger partial charge in [0.15, 0.2) is 5.78 Å². The maximum atomic E-state index is 12.7. The summed E-state index contributed by atoms with van der Waals surface area (Å²) < 4.78 is 1.72. The minimum absolute atomic E-state index is 0.0216. The number of thioether (sulfide) groups is 1. The van der Waals surface area contributed by atoms with Gasteiger partial charge in [-0.1, -0.05) is 17.8 Å². The van der Waals surface area contributed by atoms with Crippen molar-refractivity contribution in [1.82, 2.24) is 14.5 Å². The van der Waals surface area contributed by atoms with Gasteiger partial charge in [0.05, 0.1) is 12.3 Å². The van der Waals surface area contributed by atoms with Crippen molar-refractivity contribution in [1.29, 1.82) is 0 Å². The van der Waals surface area contributed by atoms with E-state index in [1.165, 1.54) is 18.7 Å². The number of rotatable bonds is 7. The number of ketones is 1. The van der Waals surface area contributed by atoms with Crippen LogP contribution in [0.1, 0.15) is 40.5 Å². The van der Waals surface area contributed by atoms with Crippen molar-refractivity contribution in [3.63, 3.8) is 0 Å². The number of anilines is 1. The molecule has 0 atom stereocenters. The molecule has 0 spiro atoms. The van der Waals surface area contributed by atoms with Crippen LogP contribution >= 0.6 is 11.8 Å². The van der Waals surface area contributed by atoms with Gasteiger partial charge in [-0.2, -0.15) is 4.98 Å². The van der Waals surface area contributed by atoms with E-state index in [-0.39, 0.29) is 23.1 Å². The number of carbonyl (C=O) groups is 2. The number of pyridine rings is 1. The van der Waals surface area contributed by atoms with Crippen molar-refractivity contribution in [2.24, 2.45) is 0 Å². The van der Waals surface area contributed by atoms with Gasteiger partial charge >= 0.3 is 5.69 Å². The number of fused-ring (bicyclic) bond motifs is 1. The lowest BCUT2D eigenvalue weighted by Gasteiger charge is -2.14. The lowest BCUT2D eigenvalue weighted by molar-refractivity contribution is -0.113. The summed E-state index contributed by atoms with van der Waals surface area (Å²) in [5.41, 5.74) is 3.95. The van der Waals surface area contributed by atoms with Gasteiger partial charge in [-0.05, 0) is 62.1 Å². The van der Waals surface area contributed by atoms with Crippen molar-refractivity contribution in [3.8, 4) is 0 Å². The molecule has 0 bridgehead atoms. The van der Waals surface area contributed by atoms with Crippen LogP contribution in [0.15, 0.2) is 58.6 Å². The van der Waals surface area contributed by atoms with Crippen molar-refractivity contribution in [2.45, 2.75) is 37.8 Å². The Kier molecular flexibility index (Phi) is 6.27. The zero-order valence-corrected chi connectivity index (χ0v) is 17.9. The van der Waals surface area contributed by atoms with E-state index in [4.69, 9.17) is 0 Å². The molecule has 0 fully saturated rings. The van der Waals surface area contributed by atoms with Gasteiger partial charge in [0, 0.05) is 34.9 Å². The average Bonchev–Trinajstić information content (AvgIpc) is 3.26. The number of hydrogen-bond acceptors (Lipinski definition) is 6. The Morgan fingerprint density at radius 1 is 1.16 bits per heavy atom. The molecule has 2 heterocycles. The van der Waals surface area contributed by atoms with Gasteiger partial charge < -0.3 is 5.32 Å². The topological polar surface area (TPSA) is 94.0 Å². The van der Waals surface area contributed by atoms with E-state index < -0.39 is 0 Å². The monoisotopic (exact) mass is 434 g/mol. The van der Waals surface area contributed by atoms with Gasteiger partial charge in [-0.15, -0.1) is 0 Å². The second kappa shape index (κ2) is 9.26. The second-order valence-electron chi connectivity index (χ2n) is 7.40. The van der Waals surface area contributed by atoms with Crippen LogP contribution in [0.3, 0.4) is 0 Å². The standard InChI is InChI=1S/C23H22N4O3S/c1-15(28)17-7-9-18(10-8-17)25-21(29)14-31-22-19-5-2-6-20(19)27(23(30)26-22)13-16-4-3-11-24-12-16/h3-4,7-12H,2,5-6,13-14H2,1H3,(H,25,29). The van der Waals surface area contributed by atoms with Gasteiger partial charge in [-0.3, -0.25) is 19.1 Å². The van der Waals surface area contributed by atoms with Crippen molar-refractivity contribution in [3.05, 3.63) is 81.7 Å². The fraction of sp³-hybridized carbons (Fsp3) is 0.261. The van der Waals surface area contributed by atoms with E-state index in [9.17, 15) is 14.4 Å². The highest BCUT2D eigenvalue weighted by Gasteiger charge is 2.22. The number of aromatic nitrogens is 3. The summed E-state index contributed by atoms with van der Waals surface area (Å²) in [6.45, 7) is 1.95. The normalized spacial score (nSPS) is 12.4. The van der Waals surface area contributed by atoms with Crippen LogP contribution in [0.5, 0.6) is 0 Å². The Hall–Kier alpha value is -3.26. The maximum Gasteiger partial charge on any atom is 0.349 e. The lowest BCUT2D eigenvalue weighted by atomic mass is 10.1. The lowest BCUT2D eigenvalue weighted by Crippen LogP contribution is -2.28. The third-order valence-corrected chi connectivity index (χ3v) is 6.20. The highest BCUT2D eigenvalue weighted by atomic mass is 32.2. The number of hydrogen-bond donors (Lipinski definition) is 1. The summed E-state index contributed by atoms with van der Waals surface area (Å²) in [4.78, 5) is 44.9. The smallest absolute Gasteiger partial charge is 0.325 e. The molecule has 0 aliphatic heterocycles. The molecular weight excluding hydrogens is 412 g/mol. The van der Waals surface area contributed by atoms with Gasteiger partial charge in [0.2, 0.25) is 5.91 Å². The number of nitrogens with zero attached hydrogens (tertiary/aromatic N) is 3. The molecule has 1 N–H and O–H groups in total. The third kappa shape index (κ3) is 4.91. The summed E-state index contributed by atoms with van der Waals surface area (Å²) in [7, 11) is 0. The second-order valence-corrected chi connectivity index (χ2v) is 8.36. The Labute approximate surface area is 183 Å². The molecule has 0 saturated heterocycles. The highest BCUT2D eigenvalue weighted by Crippen LogP contribution is 2.29. The Morgan fingerprint density at radius 2 is 1.97 bits per heavy atom. The van der Waals surface area contributed by atoms with E-state index in [0.29, 0.717) is 22.8 Å². The molecule has 31 heavy (non-hydrogen) atoms. The van der Waals surface area contributed by atoms with Crippen molar-refractivity contribution >= 4 is 29.1 Å². The first-order chi connectivity index (χ1) is 15.0. The zero-order chi connectivity index (χ0) is 21.8. The van der Waals surface area contributed by atoms with E-state index >= 15 is 0 Å². The number of benzene rings is 1. The SMILES string of the molecule is CC(=O)c1ccc(NC(=O)CSc2nc(=O)n(Cc3cccnc3)c3c2CCC3)cc1. The van der Waals surface area contributed by atoms with Crippen LogP contribution in [0.4, 0.5) is 5.69 Å². The van der Waals surface area contributed by atoms with E-state index in [1.807, 2.05) is 12.1 Å². The molecule has 0 unspecified atom stereocenters. The van der Waals surface area contributed by atoms with Gasteiger partial charge in [0.25, 0.3) is 0 Å². The molecule has 0 radical (unpaired) electrons. The fourth-order valence-electron chi connectivity index (χ4n) is 3.66. The molecule has 1 aliphatic rings. The van der Waals surface area contributed by atoms with Gasteiger partial charge in [-0.25, -0.2) is 4.79 Å². The van der Waals surface area contributed by atoms with Crippen LogP contribution in [0.25, 0.3) is 0 Å². The predicted octanol–water partition coefficient (Wildman–Crippen LogP) is 3.11. The fourth-order valence-corrected chi connectivity index (χ4v) is 4.54. The number of amides is 1. The number of nitrogens with one attached hydrogen (secondary N) is 1. The van der Waals surface area contributed by atoms with Crippen molar-refractivity contribution in [2.75, 3.05) is 11.1 Å². The Balaban J connectivity index is 1.46. The quantitative estimate of drug-likeness (QED) is 0.349. The third-order valence-electron chi connectivity index (χ3n) is 5.18. The molecule has 0 saturated carbocycles. The summed E-state index contributed by atoms with van der Waals surface area (Å²) in [5.74, 6) is -0.0553. The highest BCUT2D eigenvalue weighted by molar-refractivity contribution is 8.00. The first-order valence-electron chi connectivity index (χ1n) is 10.1. The van der Waals surface area contributed by atoms with E-state index in [0.717, 1.165) is 36.1 Å². The molecule has 7 nitrogen and oxygen atoms in total. The molecule has 2 aromatic heterocycles. The summed E-state index contributed by atoms with van der Waals surface area (Å²) in [5, 5.41) is 3.46. The van der Waals surface area contributed by atoms with E-state index in [1.54, 1.807) is 41.2 Å². The molecule has 1 aromatic carbocycles. The summed E-state index contributed by atoms with van der Waals surface area (Å²) >= 11 is 1.29. The maximum absolute atomic E-state index is 12.7. The minimum atomic E-state index is -0.299. The Morgan fingerprint density at radius 3 is 2.68 bits per heavy atom. The van der Waals surface area contributed by atoms with Crippen LogP contribution in [-0.4, -0.2) is 32.0 Å². The van der Waals surface area contributed by atoms with E-state index in [2.05, 4.69) is 15.3 Å². The number of carbonyl (C=O) groups excluding carboxylic acids is 2. The predicted molar refractivity (Wildman–Crippen MR) is 120 cm³/mol. The summed E-state index contributed by atoms with van der Waals surface area (Å²) in [6, 6.07) is 10.6.